The fraction of sp³-hybridized carbons (Fsp3) is 0.368. The van der Waals surface area contributed by atoms with Gasteiger partial charge in [-0.1, -0.05) is 54.4 Å². The molecule has 0 aliphatic heterocycles. The van der Waals surface area contributed by atoms with Crippen LogP contribution in [0.15, 0.2) is 42.5 Å². The van der Waals surface area contributed by atoms with E-state index in [9.17, 15) is 0 Å². The predicted octanol–water partition coefficient (Wildman–Crippen LogP) is 4.62. The molecule has 0 aromatic heterocycles. The number of hydrogen-bond acceptors (Lipinski definition) is 1. The fourth-order valence-corrected chi connectivity index (χ4v) is 3.10. The molecule has 0 spiro atoms. The summed E-state index contributed by atoms with van der Waals surface area (Å²) < 4.78 is 0. The van der Waals surface area contributed by atoms with Crippen LogP contribution in [0.1, 0.15) is 59.0 Å². The molecule has 104 valence electrons. The maximum Gasteiger partial charge on any atom is 0.0554 e. The first-order valence-corrected chi connectivity index (χ1v) is 7.58. The Bertz CT molecular complexity index is 611. The predicted molar refractivity (Wildman–Crippen MR) is 85.0 cm³/mol. The number of aryl methyl sites for hydroxylation is 2. The van der Waals surface area contributed by atoms with E-state index in [2.05, 4.69) is 56.3 Å². The zero-order valence-corrected chi connectivity index (χ0v) is 12.4. The van der Waals surface area contributed by atoms with Crippen LogP contribution in [-0.4, -0.2) is 0 Å². The van der Waals surface area contributed by atoms with Gasteiger partial charge < -0.3 is 5.73 Å². The Morgan fingerprint density at radius 2 is 1.85 bits per heavy atom. The molecular formula is C19H23N. The van der Waals surface area contributed by atoms with Gasteiger partial charge in [0, 0.05) is 0 Å². The van der Waals surface area contributed by atoms with Crippen molar-refractivity contribution in [3.63, 3.8) is 0 Å². The van der Waals surface area contributed by atoms with Crippen LogP contribution >= 0.6 is 0 Å². The topological polar surface area (TPSA) is 26.0 Å². The van der Waals surface area contributed by atoms with E-state index in [1.54, 1.807) is 0 Å². The molecule has 0 heterocycles. The summed E-state index contributed by atoms with van der Waals surface area (Å²) in [7, 11) is 0. The highest BCUT2D eigenvalue weighted by Gasteiger charge is 2.20. The Morgan fingerprint density at radius 3 is 2.50 bits per heavy atom. The minimum atomic E-state index is -0.0179. The molecule has 1 nitrogen and oxygen atoms in total. The van der Waals surface area contributed by atoms with Crippen molar-refractivity contribution < 1.29 is 0 Å². The maximum absolute atomic E-state index is 6.50. The summed E-state index contributed by atoms with van der Waals surface area (Å²) in [6.45, 7) is 4.28. The Morgan fingerprint density at radius 1 is 1.05 bits per heavy atom. The maximum atomic E-state index is 6.50. The van der Waals surface area contributed by atoms with Crippen molar-refractivity contribution in [1.82, 2.24) is 0 Å². The lowest BCUT2D eigenvalue weighted by Gasteiger charge is -2.27. The van der Waals surface area contributed by atoms with Crippen molar-refractivity contribution in [3.05, 3.63) is 70.3 Å². The average Bonchev–Trinajstić information content (AvgIpc) is 2.36. The van der Waals surface area contributed by atoms with Crippen LogP contribution in [0.25, 0.3) is 0 Å². The van der Waals surface area contributed by atoms with Crippen molar-refractivity contribution in [3.8, 4) is 0 Å². The van der Waals surface area contributed by atoms with E-state index < -0.39 is 0 Å². The molecule has 2 aromatic rings. The second-order valence-corrected chi connectivity index (χ2v) is 6.14. The lowest BCUT2D eigenvalue weighted by atomic mass is 9.79. The van der Waals surface area contributed by atoms with Gasteiger partial charge in [-0.2, -0.15) is 0 Å². The molecule has 1 aliphatic carbocycles. The van der Waals surface area contributed by atoms with Crippen molar-refractivity contribution in [1.29, 1.82) is 0 Å². The molecule has 2 aromatic carbocycles. The zero-order chi connectivity index (χ0) is 14.1. The Kier molecular flexibility index (Phi) is 3.62. The van der Waals surface area contributed by atoms with E-state index in [0.717, 1.165) is 5.92 Å². The highest BCUT2D eigenvalue weighted by Crippen LogP contribution is 2.37. The second kappa shape index (κ2) is 5.41. The summed E-state index contributed by atoms with van der Waals surface area (Å²) in [6, 6.07) is 15.4. The summed E-state index contributed by atoms with van der Waals surface area (Å²) in [5, 5.41) is 0. The molecule has 1 unspecified atom stereocenters. The van der Waals surface area contributed by atoms with Gasteiger partial charge in [0.1, 0.15) is 0 Å². The second-order valence-electron chi connectivity index (χ2n) is 6.14. The lowest BCUT2D eigenvalue weighted by molar-refractivity contribution is 0.419. The van der Waals surface area contributed by atoms with E-state index in [1.165, 1.54) is 47.1 Å². The molecular weight excluding hydrogens is 242 g/mol. The van der Waals surface area contributed by atoms with E-state index in [0.29, 0.717) is 0 Å². The van der Waals surface area contributed by atoms with Gasteiger partial charge in [-0.25, -0.2) is 0 Å². The van der Waals surface area contributed by atoms with Crippen LogP contribution in [0.5, 0.6) is 0 Å². The van der Waals surface area contributed by atoms with Crippen molar-refractivity contribution in [2.45, 2.75) is 45.1 Å². The van der Waals surface area contributed by atoms with Crippen LogP contribution in [0.3, 0.4) is 0 Å². The van der Waals surface area contributed by atoms with Crippen LogP contribution in [-0.2, 0) is 0 Å². The standard InChI is InChI=1S/C19H23N/c1-13-9-10-18(14(2)11-13)19(20)17-8-4-7-16(12-17)15-5-3-6-15/h4,7-12,15,19H,3,5-6,20H2,1-2H3. The van der Waals surface area contributed by atoms with Crippen LogP contribution in [0.4, 0.5) is 0 Å². The average molecular weight is 265 g/mol. The summed E-state index contributed by atoms with van der Waals surface area (Å²) in [5.74, 6) is 0.765. The Hall–Kier alpha value is -1.60. The summed E-state index contributed by atoms with van der Waals surface area (Å²) >= 11 is 0. The van der Waals surface area contributed by atoms with Gasteiger partial charge in [0.05, 0.1) is 6.04 Å². The number of benzene rings is 2. The monoisotopic (exact) mass is 265 g/mol. The Labute approximate surface area is 121 Å². The van der Waals surface area contributed by atoms with Crippen LogP contribution in [0, 0.1) is 13.8 Å². The number of rotatable bonds is 3. The molecule has 3 rings (SSSR count). The van der Waals surface area contributed by atoms with Crippen molar-refractivity contribution >= 4 is 0 Å². The highest BCUT2D eigenvalue weighted by molar-refractivity contribution is 5.40. The molecule has 1 aliphatic rings. The van der Waals surface area contributed by atoms with Crippen molar-refractivity contribution in [2.24, 2.45) is 5.73 Å². The fourth-order valence-electron chi connectivity index (χ4n) is 3.10. The quantitative estimate of drug-likeness (QED) is 0.861. The van der Waals surface area contributed by atoms with Gasteiger partial charge in [-0.15, -0.1) is 0 Å². The van der Waals surface area contributed by atoms with Gasteiger partial charge in [-0.05, 0) is 54.9 Å². The van der Waals surface area contributed by atoms with E-state index in [1.807, 2.05) is 0 Å². The van der Waals surface area contributed by atoms with Gasteiger partial charge in [0.2, 0.25) is 0 Å². The molecule has 1 saturated carbocycles. The molecule has 2 N–H and O–H groups in total. The summed E-state index contributed by atoms with van der Waals surface area (Å²) in [6.07, 6.45) is 4.04. The summed E-state index contributed by atoms with van der Waals surface area (Å²) in [5.41, 5.74) is 13.0. The van der Waals surface area contributed by atoms with Crippen molar-refractivity contribution in [2.75, 3.05) is 0 Å². The first-order chi connectivity index (χ1) is 9.65. The molecule has 0 bridgehead atoms. The first-order valence-electron chi connectivity index (χ1n) is 7.58. The highest BCUT2D eigenvalue weighted by atomic mass is 14.6. The smallest absolute Gasteiger partial charge is 0.0554 e. The normalized spacial score (nSPS) is 16.8. The zero-order valence-electron chi connectivity index (χ0n) is 12.4. The largest absolute Gasteiger partial charge is 0.320 e. The van der Waals surface area contributed by atoms with Gasteiger partial charge in [-0.3, -0.25) is 0 Å². The Balaban J connectivity index is 1.91. The molecule has 0 saturated heterocycles. The summed E-state index contributed by atoms with van der Waals surface area (Å²) in [4.78, 5) is 0. The van der Waals surface area contributed by atoms with E-state index in [-0.39, 0.29) is 6.04 Å². The van der Waals surface area contributed by atoms with E-state index >= 15 is 0 Å². The third-order valence-electron chi connectivity index (χ3n) is 4.61. The number of nitrogens with two attached hydrogens (primary N) is 1. The lowest BCUT2D eigenvalue weighted by Crippen LogP contribution is -2.15. The van der Waals surface area contributed by atoms with Gasteiger partial charge in [0.25, 0.3) is 0 Å². The van der Waals surface area contributed by atoms with Gasteiger partial charge >= 0.3 is 0 Å². The third-order valence-corrected chi connectivity index (χ3v) is 4.61. The van der Waals surface area contributed by atoms with Crippen LogP contribution < -0.4 is 5.73 Å². The molecule has 0 radical (unpaired) electrons. The van der Waals surface area contributed by atoms with E-state index in [4.69, 9.17) is 5.73 Å². The third kappa shape index (κ3) is 2.51. The number of hydrogen-bond donors (Lipinski definition) is 1. The SMILES string of the molecule is Cc1ccc(C(N)c2cccc(C3CCC3)c2)c(C)c1. The molecule has 1 heteroatoms. The molecule has 1 atom stereocenters. The molecule has 1 fully saturated rings. The minimum absolute atomic E-state index is 0.0179. The first kappa shape index (κ1) is 13.4. The van der Waals surface area contributed by atoms with Crippen LogP contribution in [0.2, 0.25) is 0 Å². The molecule has 0 amide bonds. The molecule has 20 heavy (non-hydrogen) atoms. The van der Waals surface area contributed by atoms with Gasteiger partial charge in [0.15, 0.2) is 0 Å². The minimum Gasteiger partial charge on any atom is -0.320 e.